The molecule has 19 heavy (non-hydrogen) atoms. The summed E-state index contributed by atoms with van der Waals surface area (Å²) in [6.07, 6.45) is 4.45. The normalized spacial score (nSPS) is 10.9. The van der Waals surface area contributed by atoms with Crippen molar-refractivity contribution in [2.24, 2.45) is 11.7 Å². The maximum absolute atomic E-state index is 12.0. The number of pyridine rings is 1. The van der Waals surface area contributed by atoms with E-state index in [-0.39, 0.29) is 11.5 Å². The molecule has 0 bridgehead atoms. The van der Waals surface area contributed by atoms with Gasteiger partial charge in [-0.1, -0.05) is 13.8 Å². The van der Waals surface area contributed by atoms with E-state index in [1.807, 2.05) is 13.8 Å². The Labute approximate surface area is 110 Å². The number of hydrogen-bond donors (Lipinski definition) is 1. The second-order valence-electron chi connectivity index (χ2n) is 4.64. The van der Waals surface area contributed by atoms with Gasteiger partial charge in [-0.25, -0.2) is 9.59 Å². The summed E-state index contributed by atoms with van der Waals surface area (Å²) in [5, 5.41) is 0.665. The average Bonchev–Trinajstić information content (AvgIpc) is 2.79. The summed E-state index contributed by atoms with van der Waals surface area (Å²) >= 11 is 0. The molecule has 0 aliphatic heterocycles. The average molecular weight is 261 g/mol. The van der Waals surface area contributed by atoms with Gasteiger partial charge in [0.1, 0.15) is 5.56 Å². The fourth-order valence-corrected chi connectivity index (χ4v) is 1.74. The number of hydrogen-bond acceptors (Lipinski definition) is 4. The first-order chi connectivity index (χ1) is 9.00. The zero-order chi connectivity index (χ0) is 14.0. The van der Waals surface area contributed by atoms with Crippen LogP contribution in [-0.4, -0.2) is 28.2 Å². The highest BCUT2D eigenvalue weighted by Crippen LogP contribution is 2.19. The van der Waals surface area contributed by atoms with Crippen molar-refractivity contribution in [2.45, 2.75) is 13.8 Å². The van der Waals surface area contributed by atoms with E-state index in [4.69, 9.17) is 10.5 Å². The van der Waals surface area contributed by atoms with E-state index in [1.165, 1.54) is 17.0 Å². The maximum atomic E-state index is 12.0. The summed E-state index contributed by atoms with van der Waals surface area (Å²) in [5.74, 6) is -0.271. The first-order valence-corrected chi connectivity index (χ1v) is 5.92. The second kappa shape index (κ2) is 5.09. The predicted octanol–water partition coefficient (Wildman–Crippen LogP) is 1.78. The lowest BCUT2D eigenvalue weighted by Crippen LogP contribution is -2.20. The Hall–Kier alpha value is -2.37. The summed E-state index contributed by atoms with van der Waals surface area (Å²) in [6, 6.07) is 1.02. The van der Waals surface area contributed by atoms with Gasteiger partial charge in [-0.3, -0.25) is 9.55 Å². The third-order valence-corrected chi connectivity index (χ3v) is 2.59. The lowest BCUT2D eigenvalue weighted by atomic mass is 10.2. The van der Waals surface area contributed by atoms with Crippen molar-refractivity contribution in [2.75, 3.05) is 6.61 Å². The van der Waals surface area contributed by atoms with E-state index in [0.29, 0.717) is 17.5 Å². The number of nitrogens with two attached hydrogens (primary N) is 1. The van der Waals surface area contributed by atoms with Crippen LogP contribution in [0.2, 0.25) is 0 Å². The van der Waals surface area contributed by atoms with Crippen LogP contribution in [0, 0.1) is 5.92 Å². The number of nitrogens with zero attached hydrogens (tertiary/aromatic N) is 2. The van der Waals surface area contributed by atoms with Gasteiger partial charge in [0.05, 0.1) is 12.1 Å². The number of carbonyl (C=O) groups is 2. The number of rotatable bonds is 3. The fraction of sp³-hybridized carbons (Fsp3) is 0.308. The molecule has 100 valence electrons. The van der Waals surface area contributed by atoms with E-state index in [1.54, 1.807) is 12.3 Å². The Morgan fingerprint density at radius 3 is 2.79 bits per heavy atom. The summed E-state index contributed by atoms with van der Waals surface area (Å²) in [7, 11) is 0. The van der Waals surface area contributed by atoms with Gasteiger partial charge in [-0.05, 0) is 12.0 Å². The molecule has 0 fully saturated rings. The molecule has 2 heterocycles. The minimum Gasteiger partial charge on any atom is -0.462 e. The smallest absolute Gasteiger partial charge is 0.341 e. The Morgan fingerprint density at radius 1 is 1.42 bits per heavy atom. The van der Waals surface area contributed by atoms with Gasteiger partial charge >= 0.3 is 12.0 Å². The Bertz CT molecular complexity index is 631. The van der Waals surface area contributed by atoms with E-state index >= 15 is 0 Å². The van der Waals surface area contributed by atoms with Crippen molar-refractivity contribution < 1.29 is 14.3 Å². The summed E-state index contributed by atoms with van der Waals surface area (Å²) in [4.78, 5) is 27.3. The third kappa shape index (κ3) is 2.57. The fourth-order valence-electron chi connectivity index (χ4n) is 1.74. The van der Waals surface area contributed by atoms with Crippen LogP contribution in [0.5, 0.6) is 0 Å². The van der Waals surface area contributed by atoms with Crippen molar-refractivity contribution in [3.63, 3.8) is 0 Å². The van der Waals surface area contributed by atoms with Gasteiger partial charge in [-0.15, -0.1) is 0 Å². The largest absolute Gasteiger partial charge is 0.462 e. The SMILES string of the molecule is CC(C)COC(=O)c1cncc2ccn(C(N)=O)c12. The van der Waals surface area contributed by atoms with Crippen molar-refractivity contribution in [3.05, 3.63) is 30.2 Å². The van der Waals surface area contributed by atoms with Crippen LogP contribution in [0.4, 0.5) is 4.79 Å². The number of amides is 1. The molecule has 0 aliphatic carbocycles. The zero-order valence-electron chi connectivity index (χ0n) is 10.8. The Morgan fingerprint density at radius 2 is 2.16 bits per heavy atom. The highest BCUT2D eigenvalue weighted by molar-refractivity contribution is 6.05. The molecule has 0 aliphatic rings. The van der Waals surface area contributed by atoms with Crippen LogP contribution < -0.4 is 5.73 Å². The molecular formula is C13H15N3O3. The highest BCUT2D eigenvalue weighted by atomic mass is 16.5. The van der Waals surface area contributed by atoms with Gasteiger partial charge in [0.15, 0.2) is 0 Å². The number of fused-ring (bicyclic) bond motifs is 1. The number of esters is 1. The Kier molecular flexibility index (Phi) is 3.50. The molecule has 2 aromatic heterocycles. The molecule has 0 radical (unpaired) electrons. The minimum absolute atomic E-state index is 0.235. The van der Waals surface area contributed by atoms with Gasteiger partial charge in [0.25, 0.3) is 0 Å². The summed E-state index contributed by atoms with van der Waals surface area (Å²) in [5.41, 5.74) is 5.93. The molecule has 2 N–H and O–H groups in total. The zero-order valence-corrected chi connectivity index (χ0v) is 10.8. The van der Waals surface area contributed by atoms with Crippen LogP contribution in [0.25, 0.3) is 10.9 Å². The van der Waals surface area contributed by atoms with Crippen molar-refractivity contribution in [1.82, 2.24) is 9.55 Å². The first-order valence-electron chi connectivity index (χ1n) is 5.92. The van der Waals surface area contributed by atoms with Crippen molar-refractivity contribution >= 4 is 22.9 Å². The number of aromatic nitrogens is 2. The van der Waals surface area contributed by atoms with E-state index in [9.17, 15) is 9.59 Å². The van der Waals surface area contributed by atoms with Gasteiger partial charge in [0, 0.05) is 24.0 Å². The quantitative estimate of drug-likeness (QED) is 0.853. The minimum atomic E-state index is -0.654. The topological polar surface area (TPSA) is 87.2 Å². The molecular weight excluding hydrogens is 246 g/mol. The first kappa shape index (κ1) is 13.1. The van der Waals surface area contributed by atoms with Crippen LogP contribution in [0.15, 0.2) is 24.7 Å². The second-order valence-corrected chi connectivity index (χ2v) is 4.64. The van der Waals surface area contributed by atoms with Crippen molar-refractivity contribution in [3.8, 4) is 0 Å². The lowest BCUT2D eigenvalue weighted by Gasteiger charge is -2.09. The summed E-state index contributed by atoms with van der Waals surface area (Å²) < 4.78 is 6.37. The molecule has 2 rings (SSSR count). The molecule has 0 atom stereocenters. The molecule has 1 amide bonds. The third-order valence-electron chi connectivity index (χ3n) is 2.59. The molecule has 6 heteroatoms. The Balaban J connectivity index is 2.45. The molecule has 2 aromatic rings. The summed E-state index contributed by atoms with van der Waals surface area (Å²) in [6.45, 7) is 4.20. The molecule has 0 saturated heterocycles. The van der Waals surface area contributed by atoms with Crippen molar-refractivity contribution in [1.29, 1.82) is 0 Å². The van der Waals surface area contributed by atoms with E-state index in [0.717, 1.165) is 0 Å². The lowest BCUT2D eigenvalue weighted by molar-refractivity contribution is 0.0460. The molecule has 0 aromatic carbocycles. The standard InChI is InChI=1S/C13H15N3O3/c1-8(2)7-19-12(17)10-6-15-5-9-3-4-16(11(9)10)13(14)18/h3-6,8H,7H2,1-2H3,(H2,14,18). The van der Waals surface area contributed by atoms with Crippen LogP contribution >= 0.6 is 0 Å². The number of ether oxygens (including phenoxy) is 1. The van der Waals surface area contributed by atoms with Crippen LogP contribution in [-0.2, 0) is 4.74 Å². The molecule has 6 nitrogen and oxygen atoms in total. The number of carbonyl (C=O) groups excluding carboxylic acids is 2. The molecule has 0 spiro atoms. The van der Waals surface area contributed by atoms with Gasteiger partial charge in [0.2, 0.25) is 0 Å². The van der Waals surface area contributed by atoms with Gasteiger partial charge in [-0.2, -0.15) is 0 Å². The van der Waals surface area contributed by atoms with E-state index in [2.05, 4.69) is 4.98 Å². The van der Waals surface area contributed by atoms with Crippen LogP contribution in [0.1, 0.15) is 24.2 Å². The van der Waals surface area contributed by atoms with Crippen LogP contribution in [0.3, 0.4) is 0 Å². The molecule has 0 unspecified atom stereocenters. The monoisotopic (exact) mass is 261 g/mol. The highest BCUT2D eigenvalue weighted by Gasteiger charge is 2.17. The molecule has 0 saturated carbocycles. The maximum Gasteiger partial charge on any atom is 0.341 e. The predicted molar refractivity (Wildman–Crippen MR) is 69.8 cm³/mol. The van der Waals surface area contributed by atoms with E-state index < -0.39 is 12.0 Å². The number of primary amides is 1. The van der Waals surface area contributed by atoms with Gasteiger partial charge < -0.3 is 10.5 Å².